The maximum Gasteiger partial charge on any atom is 0.306 e. The molecule has 1 atom stereocenters. The first-order valence-corrected chi connectivity index (χ1v) is 4.38. The molecular formula is C8H17ClN2O3. The Morgan fingerprint density at radius 3 is 3.00 bits per heavy atom. The zero-order valence-electron chi connectivity index (χ0n) is 8.27. The van der Waals surface area contributed by atoms with E-state index in [1.54, 1.807) is 0 Å². The molecule has 0 saturated carbocycles. The molecule has 1 aliphatic heterocycles. The van der Waals surface area contributed by atoms with Gasteiger partial charge in [0.25, 0.3) is 0 Å². The van der Waals surface area contributed by atoms with Crippen molar-refractivity contribution in [3.8, 4) is 0 Å². The summed E-state index contributed by atoms with van der Waals surface area (Å²) in [6.45, 7) is 2.87. The van der Waals surface area contributed by atoms with E-state index in [0.717, 1.165) is 6.54 Å². The average Bonchev–Trinajstić information content (AvgIpc) is 2.14. The molecule has 0 aromatic carbocycles. The van der Waals surface area contributed by atoms with Crippen molar-refractivity contribution < 1.29 is 14.3 Å². The Morgan fingerprint density at radius 1 is 1.71 bits per heavy atom. The van der Waals surface area contributed by atoms with Gasteiger partial charge in [-0.2, -0.15) is 0 Å². The lowest BCUT2D eigenvalue weighted by molar-refractivity contribution is -0.141. The van der Waals surface area contributed by atoms with Crippen LogP contribution in [0.1, 0.15) is 6.42 Å². The third kappa shape index (κ3) is 4.76. The standard InChI is InChI=1S/C8H16N2O3.ClH/c1-12-8(11)2-3-10-4-5-13-7(9)6-10;/h7H,2-6,9H2,1H3;1H. The Balaban J connectivity index is 0.00000169. The number of halogens is 1. The van der Waals surface area contributed by atoms with Gasteiger partial charge in [0, 0.05) is 19.6 Å². The molecule has 84 valence electrons. The van der Waals surface area contributed by atoms with E-state index >= 15 is 0 Å². The molecule has 0 aromatic rings. The second-order valence-electron chi connectivity index (χ2n) is 3.04. The minimum Gasteiger partial charge on any atom is -0.469 e. The Bertz CT molecular complexity index is 180. The van der Waals surface area contributed by atoms with Gasteiger partial charge in [0.15, 0.2) is 0 Å². The number of ether oxygens (including phenoxy) is 2. The molecule has 0 bridgehead atoms. The number of methoxy groups -OCH3 is 1. The van der Waals surface area contributed by atoms with Crippen LogP contribution in [0.25, 0.3) is 0 Å². The van der Waals surface area contributed by atoms with Gasteiger partial charge in [-0.15, -0.1) is 12.4 Å². The maximum atomic E-state index is 10.8. The number of carbonyl (C=O) groups is 1. The van der Waals surface area contributed by atoms with Gasteiger partial charge in [-0.3, -0.25) is 9.69 Å². The minimum absolute atomic E-state index is 0. The zero-order chi connectivity index (χ0) is 9.68. The number of hydrogen-bond donors (Lipinski definition) is 1. The van der Waals surface area contributed by atoms with E-state index in [1.165, 1.54) is 7.11 Å². The summed E-state index contributed by atoms with van der Waals surface area (Å²) in [6.07, 6.45) is 0.204. The predicted octanol–water partition coefficient (Wildman–Crippen LogP) is -0.412. The van der Waals surface area contributed by atoms with Crippen LogP contribution >= 0.6 is 12.4 Å². The third-order valence-electron chi connectivity index (χ3n) is 2.04. The van der Waals surface area contributed by atoms with Gasteiger partial charge in [0.1, 0.15) is 6.23 Å². The first-order valence-electron chi connectivity index (χ1n) is 4.38. The lowest BCUT2D eigenvalue weighted by atomic mass is 10.3. The van der Waals surface area contributed by atoms with Crippen molar-refractivity contribution in [3.05, 3.63) is 0 Å². The van der Waals surface area contributed by atoms with E-state index in [-0.39, 0.29) is 24.6 Å². The lowest BCUT2D eigenvalue weighted by Crippen LogP contribution is -2.47. The van der Waals surface area contributed by atoms with E-state index in [4.69, 9.17) is 10.5 Å². The first-order chi connectivity index (χ1) is 6.22. The SMILES string of the molecule is COC(=O)CCN1CCOC(N)C1.Cl. The molecule has 2 N–H and O–H groups in total. The number of nitrogens with zero attached hydrogens (tertiary/aromatic N) is 1. The summed E-state index contributed by atoms with van der Waals surface area (Å²) in [7, 11) is 1.40. The highest BCUT2D eigenvalue weighted by molar-refractivity contribution is 5.85. The molecule has 1 aliphatic rings. The highest BCUT2D eigenvalue weighted by Crippen LogP contribution is 2.01. The minimum atomic E-state index is -0.216. The summed E-state index contributed by atoms with van der Waals surface area (Å²) >= 11 is 0. The third-order valence-corrected chi connectivity index (χ3v) is 2.04. The molecule has 0 spiro atoms. The van der Waals surface area contributed by atoms with Crippen LogP contribution in [0.4, 0.5) is 0 Å². The molecule has 1 unspecified atom stereocenters. The fraction of sp³-hybridized carbons (Fsp3) is 0.875. The molecule has 1 fully saturated rings. The topological polar surface area (TPSA) is 64.8 Å². The quantitative estimate of drug-likeness (QED) is 0.661. The van der Waals surface area contributed by atoms with Crippen molar-refractivity contribution in [1.82, 2.24) is 4.90 Å². The van der Waals surface area contributed by atoms with Crippen molar-refractivity contribution >= 4 is 18.4 Å². The second-order valence-corrected chi connectivity index (χ2v) is 3.04. The summed E-state index contributed by atoms with van der Waals surface area (Å²) in [5.74, 6) is -0.180. The van der Waals surface area contributed by atoms with E-state index in [2.05, 4.69) is 9.64 Å². The summed E-state index contributed by atoms with van der Waals surface area (Å²) in [5.41, 5.74) is 5.58. The molecule has 0 aliphatic carbocycles. The van der Waals surface area contributed by atoms with Crippen LogP contribution < -0.4 is 5.73 Å². The number of rotatable bonds is 3. The molecule has 0 aromatic heterocycles. The molecule has 5 nitrogen and oxygen atoms in total. The van der Waals surface area contributed by atoms with Gasteiger partial charge in [-0.25, -0.2) is 0 Å². The van der Waals surface area contributed by atoms with E-state index in [0.29, 0.717) is 26.1 Å². The van der Waals surface area contributed by atoms with Crippen LogP contribution in [0.5, 0.6) is 0 Å². The predicted molar refractivity (Wildman–Crippen MR) is 54.2 cm³/mol. The number of hydrogen-bond acceptors (Lipinski definition) is 5. The van der Waals surface area contributed by atoms with Gasteiger partial charge in [-0.1, -0.05) is 0 Å². The van der Waals surface area contributed by atoms with Crippen molar-refractivity contribution in [3.63, 3.8) is 0 Å². The number of carbonyl (C=O) groups excluding carboxylic acids is 1. The summed E-state index contributed by atoms with van der Waals surface area (Å²) < 4.78 is 9.70. The largest absolute Gasteiger partial charge is 0.469 e. The molecule has 1 rings (SSSR count). The molecule has 0 amide bonds. The average molecular weight is 225 g/mol. The smallest absolute Gasteiger partial charge is 0.306 e. The van der Waals surface area contributed by atoms with Crippen LogP contribution in [-0.4, -0.2) is 50.4 Å². The molecular weight excluding hydrogens is 208 g/mol. The van der Waals surface area contributed by atoms with Crippen molar-refractivity contribution in [2.24, 2.45) is 5.73 Å². The highest BCUT2D eigenvalue weighted by atomic mass is 35.5. The zero-order valence-corrected chi connectivity index (χ0v) is 9.09. The van der Waals surface area contributed by atoms with Gasteiger partial charge >= 0.3 is 5.97 Å². The molecule has 14 heavy (non-hydrogen) atoms. The van der Waals surface area contributed by atoms with E-state index < -0.39 is 0 Å². The van der Waals surface area contributed by atoms with Crippen LogP contribution in [0.3, 0.4) is 0 Å². The summed E-state index contributed by atoms with van der Waals surface area (Å²) in [5, 5.41) is 0. The number of esters is 1. The van der Waals surface area contributed by atoms with Crippen molar-refractivity contribution in [1.29, 1.82) is 0 Å². The van der Waals surface area contributed by atoms with Gasteiger partial charge in [0.2, 0.25) is 0 Å². The monoisotopic (exact) mass is 224 g/mol. The second kappa shape index (κ2) is 7.00. The molecule has 6 heteroatoms. The molecule has 1 heterocycles. The van der Waals surface area contributed by atoms with Gasteiger partial charge in [-0.05, 0) is 0 Å². The Hall–Kier alpha value is -0.360. The Morgan fingerprint density at radius 2 is 2.43 bits per heavy atom. The van der Waals surface area contributed by atoms with Crippen LogP contribution in [0.15, 0.2) is 0 Å². The van der Waals surface area contributed by atoms with Crippen LogP contribution in [0.2, 0.25) is 0 Å². The van der Waals surface area contributed by atoms with E-state index in [1.807, 2.05) is 0 Å². The highest BCUT2D eigenvalue weighted by Gasteiger charge is 2.17. The normalized spacial score (nSPS) is 22.6. The van der Waals surface area contributed by atoms with E-state index in [9.17, 15) is 4.79 Å². The van der Waals surface area contributed by atoms with Crippen LogP contribution in [0, 0.1) is 0 Å². The summed E-state index contributed by atoms with van der Waals surface area (Å²) in [4.78, 5) is 12.9. The maximum absolute atomic E-state index is 10.8. The van der Waals surface area contributed by atoms with Crippen LogP contribution in [-0.2, 0) is 14.3 Å². The number of morpholine rings is 1. The lowest BCUT2D eigenvalue weighted by Gasteiger charge is -2.30. The molecule has 1 saturated heterocycles. The Labute approximate surface area is 89.9 Å². The van der Waals surface area contributed by atoms with Crippen molar-refractivity contribution in [2.45, 2.75) is 12.6 Å². The first kappa shape index (κ1) is 13.6. The van der Waals surface area contributed by atoms with Gasteiger partial charge in [0.05, 0.1) is 20.1 Å². The summed E-state index contributed by atoms with van der Waals surface area (Å²) in [6, 6.07) is 0. The Kier molecular flexibility index (Phi) is 6.82. The fourth-order valence-electron chi connectivity index (χ4n) is 1.29. The molecule has 0 radical (unpaired) electrons. The van der Waals surface area contributed by atoms with Gasteiger partial charge < -0.3 is 15.2 Å². The fourth-order valence-corrected chi connectivity index (χ4v) is 1.29. The number of nitrogens with two attached hydrogens (primary N) is 1. The van der Waals surface area contributed by atoms with Crippen molar-refractivity contribution in [2.75, 3.05) is 33.4 Å².